The third-order valence-corrected chi connectivity index (χ3v) is 5.67. The topological polar surface area (TPSA) is 87.6 Å². The number of H-pyrrole nitrogens is 1. The van der Waals surface area contributed by atoms with Gasteiger partial charge in [0.1, 0.15) is 11.3 Å². The molecule has 158 valence electrons. The van der Waals surface area contributed by atoms with Crippen LogP contribution in [-0.2, 0) is 6.54 Å². The van der Waals surface area contributed by atoms with E-state index in [1.54, 1.807) is 22.9 Å². The Bertz CT molecular complexity index is 1270. The maximum atomic E-state index is 14.2. The van der Waals surface area contributed by atoms with Crippen LogP contribution >= 0.6 is 0 Å². The van der Waals surface area contributed by atoms with E-state index in [-0.39, 0.29) is 11.5 Å². The van der Waals surface area contributed by atoms with E-state index in [9.17, 15) is 9.18 Å². The molecule has 2 aromatic heterocycles. The number of aromatic amines is 1. The van der Waals surface area contributed by atoms with Crippen molar-refractivity contribution in [2.45, 2.75) is 13.0 Å². The Hall–Kier alpha value is -3.52. The molecule has 8 heteroatoms. The minimum atomic E-state index is -0.273. The van der Waals surface area contributed by atoms with E-state index in [1.807, 2.05) is 30.3 Å². The van der Waals surface area contributed by atoms with E-state index in [1.165, 1.54) is 6.07 Å². The van der Waals surface area contributed by atoms with E-state index < -0.39 is 0 Å². The smallest absolute Gasteiger partial charge is 0.328 e. The van der Waals surface area contributed by atoms with Crippen molar-refractivity contribution in [2.24, 2.45) is 5.92 Å². The van der Waals surface area contributed by atoms with E-state index in [4.69, 9.17) is 0 Å². The normalized spacial score (nSPS) is 16.1. The minimum Gasteiger partial charge on any atom is -0.354 e. The zero-order valence-corrected chi connectivity index (χ0v) is 16.9. The summed E-state index contributed by atoms with van der Waals surface area (Å²) in [5, 5.41) is 6.63. The van der Waals surface area contributed by atoms with Crippen LogP contribution in [-0.4, -0.2) is 39.2 Å². The van der Waals surface area contributed by atoms with Crippen molar-refractivity contribution >= 4 is 17.1 Å². The molecule has 1 aliphatic rings. The largest absolute Gasteiger partial charge is 0.354 e. The molecule has 31 heavy (non-hydrogen) atoms. The molecule has 1 unspecified atom stereocenters. The summed E-state index contributed by atoms with van der Waals surface area (Å²) >= 11 is 0. The first-order valence-electron chi connectivity index (χ1n) is 10.4. The molecule has 3 N–H and O–H groups in total. The van der Waals surface area contributed by atoms with Crippen LogP contribution in [0.15, 0.2) is 59.5 Å². The fourth-order valence-electron chi connectivity index (χ4n) is 4.02. The van der Waals surface area contributed by atoms with Gasteiger partial charge < -0.3 is 15.6 Å². The van der Waals surface area contributed by atoms with E-state index in [2.05, 4.69) is 25.6 Å². The maximum absolute atomic E-state index is 14.2. The lowest BCUT2D eigenvalue weighted by atomic mass is 10.0. The van der Waals surface area contributed by atoms with E-state index >= 15 is 0 Å². The van der Waals surface area contributed by atoms with Crippen molar-refractivity contribution in [2.75, 3.05) is 25.0 Å². The number of nitrogens with one attached hydrogen (secondary N) is 3. The predicted molar refractivity (Wildman–Crippen MR) is 119 cm³/mol. The Morgan fingerprint density at radius 3 is 2.94 bits per heavy atom. The average molecular weight is 418 g/mol. The highest BCUT2D eigenvalue weighted by molar-refractivity contribution is 5.71. The second-order valence-corrected chi connectivity index (χ2v) is 7.87. The molecule has 1 fully saturated rings. The van der Waals surface area contributed by atoms with Crippen molar-refractivity contribution < 1.29 is 4.39 Å². The monoisotopic (exact) mass is 418 g/mol. The van der Waals surface area contributed by atoms with Gasteiger partial charge in [-0.25, -0.2) is 14.2 Å². The van der Waals surface area contributed by atoms with Gasteiger partial charge >= 0.3 is 5.69 Å². The number of rotatable bonds is 6. The number of benzene rings is 2. The first kappa shape index (κ1) is 19.4. The summed E-state index contributed by atoms with van der Waals surface area (Å²) in [5.74, 6) is 0.783. The van der Waals surface area contributed by atoms with E-state index in [0.717, 1.165) is 37.2 Å². The number of anilines is 1. The summed E-state index contributed by atoms with van der Waals surface area (Å²) in [5.41, 5.74) is 3.06. The molecule has 0 amide bonds. The molecule has 5 rings (SSSR count). The van der Waals surface area contributed by atoms with Gasteiger partial charge in [-0.2, -0.15) is 4.98 Å². The zero-order chi connectivity index (χ0) is 21.2. The quantitative estimate of drug-likeness (QED) is 0.448. The number of nitrogens with zero attached hydrogens (tertiary/aromatic N) is 3. The van der Waals surface area contributed by atoms with Crippen LogP contribution in [0.2, 0.25) is 0 Å². The summed E-state index contributed by atoms with van der Waals surface area (Å²) in [4.78, 5) is 24.3. The Morgan fingerprint density at radius 1 is 1.19 bits per heavy atom. The lowest BCUT2D eigenvalue weighted by Gasteiger charge is -2.10. The molecule has 0 bridgehead atoms. The van der Waals surface area contributed by atoms with Crippen LogP contribution in [0, 0.1) is 11.7 Å². The van der Waals surface area contributed by atoms with Crippen LogP contribution < -0.4 is 16.3 Å². The van der Waals surface area contributed by atoms with Crippen molar-refractivity contribution in [1.82, 2.24) is 24.8 Å². The van der Waals surface area contributed by atoms with Gasteiger partial charge in [-0.15, -0.1) is 0 Å². The number of hydrogen-bond acceptors (Lipinski definition) is 5. The molecule has 1 atom stereocenters. The highest BCUT2D eigenvalue weighted by Gasteiger charge is 2.16. The van der Waals surface area contributed by atoms with Gasteiger partial charge in [0.15, 0.2) is 5.65 Å². The van der Waals surface area contributed by atoms with Gasteiger partial charge in [0.25, 0.3) is 0 Å². The van der Waals surface area contributed by atoms with Crippen LogP contribution in [0.25, 0.3) is 22.3 Å². The first-order valence-corrected chi connectivity index (χ1v) is 10.4. The van der Waals surface area contributed by atoms with Crippen molar-refractivity contribution in [3.63, 3.8) is 0 Å². The maximum Gasteiger partial charge on any atom is 0.328 e. The Kier molecular flexibility index (Phi) is 5.21. The minimum absolute atomic E-state index is 0.252. The molecule has 0 aliphatic carbocycles. The van der Waals surface area contributed by atoms with Gasteiger partial charge in [0.2, 0.25) is 5.95 Å². The number of imidazole rings is 1. The molecule has 2 aromatic carbocycles. The molecule has 4 aromatic rings. The molecular weight excluding hydrogens is 395 g/mol. The number of halogens is 1. The number of aromatic nitrogens is 4. The number of fused-ring (bicyclic) bond motifs is 1. The molecule has 0 spiro atoms. The van der Waals surface area contributed by atoms with Gasteiger partial charge in [-0.1, -0.05) is 36.4 Å². The molecule has 7 nitrogen and oxygen atoms in total. The predicted octanol–water partition coefficient (Wildman–Crippen LogP) is 3.00. The average Bonchev–Trinajstić information content (AvgIpc) is 3.41. The molecule has 1 aliphatic heterocycles. The number of hydrogen-bond donors (Lipinski definition) is 3. The molecular formula is C23H23FN6O. The lowest BCUT2D eigenvalue weighted by Crippen LogP contribution is -2.19. The third-order valence-electron chi connectivity index (χ3n) is 5.67. The van der Waals surface area contributed by atoms with Crippen LogP contribution in [0.1, 0.15) is 12.0 Å². The fraction of sp³-hybridized carbons (Fsp3) is 0.261. The van der Waals surface area contributed by atoms with Crippen LogP contribution in [0.3, 0.4) is 0 Å². The van der Waals surface area contributed by atoms with E-state index in [0.29, 0.717) is 35.1 Å². The second kappa shape index (κ2) is 8.31. The highest BCUT2D eigenvalue weighted by atomic mass is 19.1. The van der Waals surface area contributed by atoms with Crippen molar-refractivity contribution in [3.8, 4) is 11.1 Å². The summed E-state index contributed by atoms with van der Waals surface area (Å²) in [6.07, 6.45) is 2.76. The van der Waals surface area contributed by atoms with Crippen LogP contribution in [0.4, 0.5) is 10.3 Å². The SMILES string of the molecule is O=c1[nH]c2cnc(NCC3CCNC3)nc2n1Cc1cccc(-c2ccccc2F)c1. The second-order valence-electron chi connectivity index (χ2n) is 7.87. The van der Waals surface area contributed by atoms with Crippen LogP contribution in [0.5, 0.6) is 0 Å². The standard InChI is InChI=1S/C23H23FN6O/c24-19-7-2-1-6-18(19)17-5-3-4-15(10-17)14-30-21-20(28-23(30)31)13-27-22(29-21)26-12-16-8-9-25-11-16/h1-7,10,13,16,25H,8-9,11-12,14H2,(H,28,31)(H,26,27,29). The summed E-state index contributed by atoms with van der Waals surface area (Å²) in [6, 6.07) is 14.2. The molecule has 0 radical (unpaired) electrons. The van der Waals surface area contributed by atoms with Gasteiger partial charge in [0.05, 0.1) is 12.7 Å². The Labute approximate surface area is 178 Å². The molecule has 3 heterocycles. The third kappa shape index (κ3) is 4.06. The van der Waals surface area contributed by atoms with Crippen molar-refractivity contribution in [1.29, 1.82) is 0 Å². The summed E-state index contributed by atoms with van der Waals surface area (Å²) in [6.45, 7) is 3.14. The Balaban J connectivity index is 1.43. The highest BCUT2D eigenvalue weighted by Crippen LogP contribution is 2.24. The summed E-state index contributed by atoms with van der Waals surface area (Å²) in [7, 11) is 0. The van der Waals surface area contributed by atoms with Gasteiger partial charge in [-0.05, 0) is 48.7 Å². The van der Waals surface area contributed by atoms with Crippen molar-refractivity contribution in [3.05, 3.63) is 76.6 Å². The first-order chi connectivity index (χ1) is 15.2. The molecule has 0 saturated carbocycles. The summed E-state index contributed by atoms with van der Waals surface area (Å²) < 4.78 is 15.8. The zero-order valence-electron chi connectivity index (χ0n) is 16.9. The Morgan fingerprint density at radius 2 is 2.10 bits per heavy atom. The lowest BCUT2D eigenvalue weighted by molar-refractivity contribution is 0.613. The molecule has 1 saturated heterocycles. The fourth-order valence-corrected chi connectivity index (χ4v) is 4.02. The van der Waals surface area contributed by atoms with Gasteiger partial charge in [-0.3, -0.25) is 4.57 Å². The van der Waals surface area contributed by atoms with Gasteiger partial charge in [0, 0.05) is 12.1 Å².